The maximum absolute atomic E-state index is 12.5. The van der Waals surface area contributed by atoms with Crippen molar-refractivity contribution in [1.82, 2.24) is 0 Å². The van der Waals surface area contributed by atoms with Crippen LogP contribution >= 0.6 is 0 Å². The first kappa shape index (κ1) is 12.4. The molecule has 0 bridgehead atoms. The standard InChI is InChI=1S/C15H11F3/c16-15(17,18)14-8-4-7-13(11-14)10-9-12-5-2-1-3-6-12/h1-11H. The van der Waals surface area contributed by atoms with Crippen LogP contribution in [0.25, 0.3) is 12.2 Å². The Morgan fingerprint density at radius 1 is 0.722 bits per heavy atom. The lowest BCUT2D eigenvalue weighted by atomic mass is 10.1. The maximum atomic E-state index is 12.5. The van der Waals surface area contributed by atoms with Gasteiger partial charge in [-0.15, -0.1) is 0 Å². The summed E-state index contributed by atoms with van der Waals surface area (Å²) in [6.07, 6.45) is -0.837. The zero-order chi connectivity index (χ0) is 13.0. The van der Waals surface area contributed by atoms with E-state index in [-0.39, 0.29) is 0 Å². The molecule has 0 atom stereocenters. The van der Waals surface area contributed by atoms with Crippen molar-refractivity contribution in [3.63, 3.8) is 0 Å². The summed E-state index contributed by atoms with van der Waals surface area (Å²) in [4.78, 5) is 0. The fourth-order valence-corrected chi connectivity index (χ4v) is 1.58. The highest BCUT2D eigenvalue weighted by atomic mass is 19.4. The van der Waals surface area contributed by atoms with E-state index in [4.69, 9.17) is 0 Å². The molecular weight excluding hydrogens is 237 g/mol. The molecule has 0 unspecified atom stereocenters. The first-order valence-corrected chi connectivity index (χ1v) is 5.46. The van der Waals surface area contributed by atoms with E-state index in [1.807, 2.05) is 30.3 Å². The SMILES string of the molecule is FC(F)(F)c1cccc(C=Cc2ccccc2)c1. The van der Waals surface area contributed by atoms with Gasteiger partial charge >= 0.3 is 6.18 Å². The molecule has 0 nitrogen and oxygen atoms in total. The minimum atomic E-state index is -4.30. The number of halogens is 3. The van der Waals surface area contributed by atoms with Gasteiger partial charge in [-0.25, -0.2) is 0 Å². The number of hydrogen-bond donors (Lipinski definition) is 0. The van der Waals surface area contributed by atoms with Gasteiger partial charge in [0.05, 0.1) is 5.56 Å². The normalized spacial score (nSPS) is 11.9. The van der Waals surface area contributed by atoms with Crippen molar-refractivity contribution in [1.29, 1.82) is 0 Å². The van der Waals surface area contributed by atoms with Gasteiger partial charge < -0.3 is 0 Å². The maximum Gasteiger partial charge on any atom is 0.416 e. The molecule has 0 saturated carbocycles. The third-order valence-electron chi connectivity index (χ3n) is 2.48. The van der Waals surface area contributed by atoms with Gasteiger partial charge in [0, 0.05) is 0 Å². The van der Waals surface area contributed by atoms with Crippen LogP contribution in [-0.2, 0) is 6.18 Å². The van der Waals surface area contributed by atoms with E-state index in [2.05, 4.69) is 0 Å². The molecule has 3 heteroatoms. The summed E-state index contributed by atoms with van der Waals surface area (Å²) in [7, 11) is 0. The first-order valence-electron chi connectivity index (χ1n) is 5.46. The molecule has 2 aromatic carbocycles. The highest BCUT2D eigenvalue weighted by Crippen LogP contribution is 2.29. The topological polar surface area (TPSA) is 0 Å². The fraction of sp³-hybridized carbons (Fsp3) is 0.0667. The highest BCUT2D eigenvalue weighted by molar-refractivity contribution is 5.69. The first-order chi connectivity index (χ1) is 8.55. The summed E-state index contributed by atoms with van der Waals surface area (Å²) in [5.41, 5.74) is 0.862. The third kappa shape index (κ3) is 3.23. The molecule has 0 aliphatic rings. The van der Waals surface area contributed by atoms with Gasteiger partial charge in [-0.05, 0) is 23.3 Å². The summed E-state index contributed by atoms with van der Waals surface area (Å²) in [6.45, 7) is 0. The zero-order valence-electron chi connectivity index (χ0n) is 9.48. The molecular formula is C15H11F3. The summed E-state index contributed by atoms with van der Waals surface area (Å²) in [5.74, 6) is 0. The fourth-order valence-electron chi connectivity index (χ4n) is 1.58. The van der Waals surface area contributed by atoms with Gasteiger partial charge in [-0.1, -0.05) is 54.6 Å². The quantitative estimate of drug-likeness (QED) is 0.665. The second-order valence-electron chi connectivity index (χ2n) is 3.87. The number of hydrogen-bond acceptors (Lipinski definition) is 0. The summed E-state index contributed by atoms with van der Waals surface area (Å²) >= 11 is 0. The lowest BCUT2D eigenvalue weighted by Crippen LogP contribution is -2.04. The Kier molecular flexibility index (Phi) is 3.51. The van der Waals surface area contributed by atoms with Crippen LogP contribution in [0.5, 0.6) is 0 Å². The van der Waals surface area contributed by atoms with E-state index < -0.39 is 11.7 Å². The van der Waals surface area contributed by atoms with Crippen LogP contribution < -0.4 is 0 Å². The average molecular weight is 248 g/mol. The zero-order valence-corrected chi connectivity index (χ0v) is 9.48. The Bertz CT molecular complexity index is 539. The molecule has 0 fully saturated rings. The molecule has 0 N–H and O–H groups in total. The van der Waals surface area contributed by atoms with Crippen molar-refractivity contribution < 1.29 is 13.2 Å². The molecule has 0 heterocycles. The van der Waals surface area contributed by atoms with Crippen LogP contribution in [0.15, 0.2) is 54.6 Å². The second-order valence-corrected chi connectivity index (χ2v) is 3.87. The molecule has 18 heavy (non-hydrogen) atoms. The predicted octanol–water partition coefficient (Wildman–Crippen LogP) is 4.88. The number of benzene rings is 2. The lowest BCUT2D eigenvalue weighted by Gasteiger charge is -2.06. The Morgan fingerprint density at radius 3 is 2.00 bits per heavy atom. The highest BCUT2D eigenvalue weighted by Gasteiger charge is 2.30. The van der Waals surface area contributed by atoms with Crippen molar-refractivity contribution in [3.05, 3.63) is 71.3 Å². The Balaban J connectivity index is 2.23. The molecule has 0 aliphatic heterocycles. The van der Waals surface area contributed by atoms with E-state index in [9.17, 15) is 13.2 Å². The lowest BCUT2D eigenvalue weighted by molar-refractivity contribution is -0.137. The number of rotatable bonds is 2. The predicted molar refractivity (Wildman–Crippen MR) is 66.8 cm³/mol. The van der Waals surface area contributed by atoms with Gasteiger partial charge in [-0.2, -0.15) is 13.2 Å². The molecule has 2 aromatic rings. The van der Waals surface area contributed by atoms with Gasteiger partial charge in [0.2, 0.25) is 0 Å². The molecule has 0 aliphatic carbocycles. The molecule has 0 spiro atoms. The van der Waals surface area contributed by atoms with E-state index >= 15 is 0 Å². The van der Waals surface area contributed by atoms with E-state index in [0.717, 1.165) is 17.7 Å². The average Bonchev–Trinajstić information content (AvgIpc) is 2.37. The van der Waals surface area contributed by atoms with Crippen LogP contribution in [-0.4, -0.2) is 0 Å². The van der Waals surface area contributed by atoms with E-state index in [1.54, 1.807) is 18.2 Å². The summed E-state index contributed by atoms with van der Waals surface area (Å²) < 4.78 is 37.5. The van der Waals surface area contributed by atoms with Crippen LogP contribution in [0.1, 0.15) is 16.7 Å². The third-order valence-corrected chi connectivity index (χ3v) is 2.48. The molecule has 0 aromatic heterocycles. The van der Waals surface area contributed by atoms with Gasteiger partial charge in [0.15, 0.2) is 0 Å². The minimum Gasteiger partial charge on any atom is -0.166 e. The van der Waals surface area contributed by atoms with E-state index in [1.165, 1.54) is 6.07 Å². The Morgan fingerprint density at radius 2 is 1.33 bits per heavy atom. The minimum absolute atomic E-state index is 0.536. The van der Waals surface area contributed by atoms with Crippen molar-refractivity contribution in [2.45, 2.75) is 6.18 Å². The summed E-state index contributed by atoms with van der Waals surface area (Å²) in [5, 5.41) is 0. The molecule has 0 amide bonds. The Hall–Kier alpha value is -2.03. The van der Waals surface area contributed by atoms with Crippen LogP contribution in [0.2, 0.25) is 0 Å². The molecule has 0 saturated heterocycles. The van der Waals surface area contributed by atoms with Crippen molar-refractivity contribution in [2.75, 3.05) is 0 Å². The smallest absolute Gasteiger partial charge is 0.166 e. The molecule has 92 valence electrons. The van der Waals surface area contributed by atoms with Crippen LogP contribution in [0.3, 0.4) is 0 Å². The van der Waals surface area contributed by atoms with Crippen molar-refractivity contribution in [3.8, 4) is 0 Å². The largest absolute Gasteiger partial charge is 0.416 e. The summed E-state index contributed by atoms with van der Waals surface area (Å²) in [6, 6.07) is 14.7. The van der Waals surface area contributed by atoms with Gasteiger partial charge in [0.25, 0.3) is 0 Å². The van der Waals surface area contributed by atoms with Crippen LogP contribution in [0.4, 0.5) is 13.2 Å². The van der Waals surface area contributed by atoms with Crippen molar-refractivity contribution in [2.24, 2.45) is 0 Å². The van der Waals surface area contributed by atoms with Crippen molar-refractivity contribution >= 4 is 12.2 Å². The van der Waals surface area contributed by atoms with Crippen LogP contribution in [0, 0.1) is 0 Å². The Labute approximate surface area is 103 Å². The van der Waals surface area contributed by atoms with E-state index in [0.29, 0.717) is 5.56 Å². The van der Waals surface area contributed by atoms with Gasteiger partial charge in [-0.3, -0.25) is 0 Å². The molecule has 2 rings (SSSR count). The van der Waals surface area contributed by atoms with Gasteiger partial charge in [0.1, 0.15) is 0 Å². The monoisotopic (exact) mass is 248 g/mol. The second kappa shape index (κ2) is 5.08. The number of alkyl halides is 3. The molecule has 0 radical (unpaired) electrons.